The van der Waals surface area contributed by atoms with Crippen LogP contribution >= 0.6 is 0 Å². The van der Waals surface area contributed by atoms with Gasteiger partial charge in [-0.05, 0) is 19.3 Å². The van der Waals surface area contributed by atoms with E-state index in [1.165, 1.54) is 7.11 Å². The van der Waals surface area contributed by atoms with E-state index < -0.39 is 24.0 Å². The van der Waals surface area contributed by atoms with Crippen LogP contribution in [0.1, 0.15) is 25.7 Å². The average Bonchev–Trinajstić information content (AvgIpc) is 2.86. The lowest BCUT2D eigenvalue weighted by atomic mass is 10.1. The number of hydrogen-bond donors (Lipinski definition) is 3. The Hall–Kier alpha value is -2.05. The van der Waals surface area contributed by atoms with Crippen LogP contribution in [0.3, 0.4) is 0 Å². The van der Waals surface area contributed by atoms with Gasteiger partial charge in [-0.15, -0.1) is 0 Å². The second-order valence-electron chi connectivity index (χ2n) is 4.26. The quantitative estimate of drug-likeness (QED) is 0.479. The van der Waals surface area contributed by atoms with Crippen molar-refractivity contribution in [3.8, 4) is 0 Å². The van der Waals surface area contributed by atoms with E-state index in [0.717, 1.165) is 12.8 Å². The number of carbonyl (C=O) groups is 3. The van der Waals surface area contributed by atoms with Crippen LogP contribution in [-0.4, -0.2) is 42.3 Å². The molecule has 7 nitrogen and oxygen atoms in total. The molecule has 0 fully saturated rings. The fraction of sp³-hybridized carbons (Fsp3) is 0.583. The molecule has 0 aromatic carbocycles. The predicted molar refractivity (Wildman–Crippen MR) is 66.5 cm³/mol. The van der Waals surface area contributed by atoms with Gasteiger partial charge in [0, 0.05) is 12.5 Å². The van der Waals surface area contributed by atoms with E-state index in [9.17, 15) is 14.4 Å². The Morgan fingerprint density at radius 2 is 2.00 bits per heavy atom. The van der Waals surface area contributed by atoms with E-state index in [-0.39, 0.29) is 18.9 Å². The van der Waals surface area contributed by atoms with Crippen LogP contribution in [0.2, 0.25) is 0 Å². The Labute approximate surface area is 111 Å². The van der Waals surface area contributed by atoms with E-state index in [4.69, 9.17) is 5.11 Å². The Balaban J connectivity index is 2.37. The molecule has 1 aliphatic carbocycles. The van der Waals surface area contributed by atoms with Gasteiger partial charge in [0.05, 0.1) is 7.11 Å². The van der Waals surface area contributed by atoms with Crippen LogP contribution in [0, 0.1) is 0 Å². The number of esters is 1. The van der Waals surface area contributed by atoms with Gasteiger partial charge in [-0.1, -0.05) is 12.2 Å². The molecule has 1 atom stereocenters. The molecule has 1 rings (SSSR count). The van der Waals surface area contributed by atoms with Crippen molar-refractivity contribution in [2.75, 3.05) is 7.11 Å². The highest BCUT2D eigenvalue weighted by molar-refractivity contribution is 5.83. The number of carboxylic acid groups (broad SMARTS) is 1. The van der Waals surface area contributed by atoms with Gasteiger partial charge in [-0.25, -0.2) is 9.59 Å². The van der Waals surface area contributed by atoms with E-state index in [0.29, 0.717) is 0 Å². The molecule has 0 aromatic rings. The summed E-state index contributed by atoms with van der Waals surface area (Å²) in [6.45, 7) is 0. The first-order chi connectivity index (χ1) is 9.02. The number of hydrogen-bond acceptors (Lipinski definition) is 4. The van der Waals surface area contributed by atoms with Crippen LogP contribution in [0.5, 0.6) is 0 Å². The first kappa shape index (κ1) is 15.0. The molecule has 0 spiro atoms. The molecule has 19 heavy (non-hydrogen) atoms. The normalized spacial score (nSPS) is 15.8. The van der Waals surface area contributed by atoms with Gasteiger partial charge in [-0.2, -0.15) is 0 Å². The predicted octanol–water partition coefficient (Wildman–Crippen LogP) is 0.411. The van der Waals surface area contributed by atoms with E-state index in [1.807, 2.05) is 12.2 Å². The SMILES string of the molecule is COC(=O)CC[C@@H](NC(=O)NC1CC=CC1)C(=O)O. The maximum atomic E-state index is 11.6. The van der Waals surface area contributed by atoms with Gasteiger partial charge < -0.3 is 20.5 Å². The highest BCUT2D eigenvalue weighted by Crippen LogP contribution is 2.08. The molecule has 0 heterocycles. The Bertz CT molecular complexity index is 372. The topological polar surface area (TPSA) is 105 Å². The van der Waals surface area contributed by atoms with Crippen molar-refractivity contribution in [3.05, 3.63) is 12.2 Å². The second-order valence-corrected chi connectivity index (χ2v) is 4.26. The van der Waals surface area contributed by atoms with Gasteiger partial charge >= 0.3 is 18.0 Å². The zero-order valence-corrected chi connectivity index (χ0v) is 10.7. The number of carbonyl (C=O) groups excluding carboxylic acids is 2. The number of aliphatic carboxylic acids is 1. The Kier molecular flexibility index (Phi) is 5.84. The molecule has 0 saturated heterocycles. The third kappa shape index (κ3) is 5.41. The molecule has 0 aliphatic heterocycles. The van der Waals surface area contributed by atoms with Crippen LogP contribution in [0.15, 0.2) is 12.2 Å². The molecular weight excluding hydrogens is 252 g/mol. The minimum absolute atomic E-state index is 0.00164. The van der Waals surface area contributed by atoms with Crippen molar-refractivity contribution >= 4 is 18.0 Å². The van der Waals surface area contributed by atoms with Crippen LogP contribution in [0.25, 0.3) is 0 Å². The average molecular weight is 270 g/mol. The first-order valence-corrected chi connectivity index (χ1v) is 6.04. The van der Waals surface area contributed by atoms with E-state index in [1.54, 1.807) is 0 Å². The summed E-state index contributed by atoms with van der Waals surface area (Å²) in [5.74, 6) is -1.68. The molecule has 0 aromatic heterocycles. The maximum Gasteiger partial charge on any atom is 0.326 e. The first-order valence-electron chi connectivity index (χ1n) is 6.04. The highest BCUT2D eigenvalue weighted by atomic mass is 16.5. The fourth-order valence-electron chi connectivity index (χ4n) is 1.74. The fourth-order valence-corrected chi connectivity index (χ4v) is 1.74. The summed E-state index contributed by atoms with van der Waals surface area (Å²) in [6, 6.07) is -1.63. The highest BCUT2D eigenvalue weighted by Gasteiger charge is 2.22. The summed E-state index contributed by atoms with van der Waals surface area (Å²) < 4.78 is 4.42. The molecule has 106 valence electrons. The number of nitrogens with one attached hydrogen (secondary N) is 2. The number of ether oxygens (including phenoxy) is 1. The summed E-state index contributed by atoms with van der Waals surface area (Å²) in [7, 11) is 1.23. The van der Waals surface area contributed by atoms with E-state index >= 15 is 0 Å². The molecule has 3 N–H and O–H groups in total. The minimum Gasteiger partial charge on any atom is -0.480 e. The van der Waals surface area contributed by atoms with Gasteiger partial charge in [0.1, 0.15) is 6.04 Å². The standard InChI is InChI=1S/C12H18N2O5/c1-19-10(15)7-6-9(11(16)17)14-12(18)13-8-4-2-3-5-8/h2-3,8-9H,4-7H2,1H3,(H,16,17)(H2,13,14,18)/t9-/m1/s1. The Morgan fingerprint density at radius 1 is 1.37 bits per heavy atom. The zero-order chi connectivity index (χ0) is 14.3. The largest absolute Gasteiger partial charge is 0.480 e. The van der Waals surface area contributed by atoms with Crippen molar-refractivity contribution in [3.63, 3.8) is 0 Å². The summed E-state index contributed by atoms with van der Waals surface area (Å²) in [5, 5.41) is 14.0. The Morgan fingerprint density at radius 3 is 2.53 bits per heavy atom. The number of rotatable bonds is 6. The third-order valence-corrected chi connectivity index (χ3v) is 2.81. The summed E-state index contributed by atoms with van der Waals surface area (Å²) in [4.78, 5) is 33.5. The molecule has 7 heteroatoms. The van der Waals surface area contributed by atoms with Gasteiger partial charge in [0.15, 0.2) is 0 Å². The molecular formula is C12H18N2O5. The van der Waals surface area contributed by atoms with Crippen molar-refractivity contribution < 1.29 is 24.2 Å². The lowest BCUT2D eigenvalue weighted by Gasteiger charge is -2.17. The number of carboxylic acids is 1. The minimum atomic E-state index is -1.18. The zero-order valence-electron chi connectivity index (χ0n) is 10.7. The van der Waals surface area contributed by atoms with Crippen LogP contribution in [-0.2, 0) is 14.3 Å². The van der Waals surface area contributed by atoms with Crippen molar-refractivity contribution in [1.82, 2.24) is 10.6 Å². The molecule has 0 unspecified atom stereocenters. The molecule has 2 amide bonds. The number of urea groups is 1. The molecule has 0 saturated carbocycles. The van der Waals surface area contributed by atoms with Crippen LogP contribution < -0.4 is 10.6 Å². The second kappa shape index (κ2) is 7.40. The molecule has 0 radical (unpaired) electrons. The summed E-state index contributed by atoms with van der Waals surface area (Å²) >= 11 is 0. The number of amides is 2. The van der Waals surface area contributed by atoms with Crippen molar-refractivity contribution in [2.24, 2.45) is 0 Å². The van der Waals surface area contributed by atoms with Gasteiger partial charge in [0.25, 0.3) is 0 Å². The monoisotopic (exact) mass is 270 g/mol. The summed E-state index contributed by atoms with van der Waals surface area (Å²) in [6.07, 6.45) is 5.34. The van der Waals surface area contributed by atoms with Crippen LogP contribution in [0.4, 0.5) is 4.79 Å². The summed E-state index contributed by atoms with van der Waals surface area (Å²) in [5.41, 5.74) is 0. The third-order valence-electron chi connectivity index (χ3n) is 2.81. The smallest absolute Gasteiger partial charge is 0.326 e. The van der Waals surface area contributed by atoms with Crippen molar-refractivity contribution in [2.45, 2.75) is 37.8 Å². The maximum absolute atomic E-state index is 11.6. The van der Waals surface area contributed by atoms with Gasteiger partial charge in [0.2, 0.25) is 0 Å². The molecule has 1 aliphatic rings. The van der Waals surface area contributed by atoms with E-state index in [2.05, 4.69) is 15.4 Å². The van der Waals surface area contributed by atoms with Gasteiger partial charge in [-0.3, -0.25) is 4.79 Å². The molecule has 0 bridgehead atoms. The number of methoxy groups -OCH3 is 1. The lowest BCUT2D eigenvalue weighted by Crippen LogP contribution is -2.48. The lowest BCUT2D eigenvalue weighted by molar-refractivity contribution is -0.142. The van der Waals surface area contributed by atoms with Crippen molar-refractivity contribution in [1.29, 1.82) is 0 Å².